The van der Waals surface area contributed by atoms with Crippen LogP contribution in [0.3, 0.4) is 0 Å². The van der Waals surface area contributed by atoms with Gasteiger partial charge in [0.25, 0.3) is 0 Å². The van der Waals surface area contributed by atoms with Crippen LogP contribution in [0.15, 0.2) is 48.5 Å². The molecule has 5 unspecified atom stereocenters. The molecule has 0 radical (unpaired) electrons. The Morgan fingerprint density at radius 1 is 0.750 bits per heavy atom. The predicted octanol–water partition coefficient (Wildman–Crippen LogP) is 2.64. The van der Waals surface area contributed by atoms with Crippen LogP contribution in [-0.4, -0.2) is 89.9 Å². The Balaban J connectivity index is 1.17. The fourth-order valence-electron chi connectivity index (χ4n) is 4.68. The molecule has 0 spiro atoms. The zero-order valence-electron chi connectivity index (χ0n) is 20.9. The standard InChI is InChI=1S/C28H34N2O6/c1-28(32-2,20-5-9-22(10-6-20)30(13-25-17-35-25)14-26-18-36-26)27(31)19-3-7-21(8-4-19)29(11-23-15-33-23)12-24-16-34-24/h3-10,23-26H,11-18H2,1-2H3. The topological polar surface area (TPSA) is 82.9 Å². The molecule has 0 bridgehead atoms. The third-order valence-corrected chi connectivity index (χ3v) is 7.43. The summed E-state index contributed by atoms with van der Waals surface area (Å²) in [6.07, 6.45) is 1.16. The molecule has 0 aliphatic carbocycles. The molecule has 8 nitrogen and oxygen atoms in total. The predicted molar refractivity (Wildman–Crippen MR) is 135 cm³/mol. The fourth-order valence-corrected chi connectivity index (χ4v) is 4.68. The highest BCUT2D eigenvalue weighted by molar-refractivity contribution is 6.03. The maximum absolute atomic E-state index is 13.7. The van der Waals surface area contributed by atoms with Crippen molar-refractivity contribution in [2.45, 2.75) is 36.9 Å². The molecule has 8 heteroatoms. The molecule has 0 amide bonds. The monoisotopic (exact) mass is 494 g/mol. The lowest BCUT2D eigenvalue weighted by Crippen LogP contribution is -2.35. The van der Waals surface area contributed by atoms with Gasteiger partial charge in [0.2, 0.25) is 0 Å². The van der Waals surface area contributed by atoms with Gasteiger partial charge in [0.05, 0.1) is 50.8 Å². The number of rotatable bonds is 14. The number of nitrogens with zero attached hydrogens (tertiary/aromatic N) is 2. The first-order valence-electron chi connectivity index (χ1n) is 12.8. The zero-order chi connectivity index (χ0) is 24.7. The molecule has 192 valence electrons. The number of benzene rings is 2. The van der Waals surface area contributed by atoms with Gasteiger partial charge in [-0.3, -0.25) is 4.79 Å². The minimum atomic E-state index is -1.09. The van der Waals surface area contributed by atoms with Crippen LogP contribution in [0.5, 0.6) is 0 Å². The molecule has 6 rings (SSSR count). The number of epoxide rings is 4. The Morgan fingerprint density at radius 3 is 1.44 bits per heavy atom. The van der Waals surface area contributed by atoms with Crippen molar-refractivity contribution in [1.82, 2.24) is 0 Å². The Kier molecular flexibility index (Phi) is 6.47. The number of carbonyl (C=O) groups excluding carboxylic acids is 1. The van der Waals surface area contributed by atoms with E-state index < -0.39 is 5.60 Å². The van der Waals surface area contributed by atoms with Gasteiger partial charge in [-0.25, -0.2) is 0 Å². The van der Waals surface area contributed by atoms with Crippen molar-refractivity contribution < 1.29 is 28.5 Å². The van der Waals surface area contributed by atoms with Crippen LogP contribution in [0.2, 0.25) is 0 Å². The molecular formula is C28H34N2O6. The van der Waals surface area contributed by atoms with Crippen LogP contribution in [0.25, 0.3) is 0 Å². The lowest BCUT2D eigenvalue weighted by molar-refractivity contribution is 0.0102. The quantitative estimate of drug-likeness (QED) is 0.293. The van der Waals surface area contributed by atoms with E-state index in [4.69, 9.17) is 23.7 Å². The summed E-state index contributed by atoms with van der Waals surface area (Å²) in [7, 11) is 1.59. The smallest absolute Gasteiger partial charge is 0.198 e. The van der Waals surface area contributed by atoms with Gasteiger partial charge >= 0.3 is 0 Å². The van der Waals surface area contributed by atoms with Crippen LogP contribution in [-0.2, 0) is 29.3 Å². The average Bonchev–Trinajstić information content (AvgIpc) is 3.70. The summed E-state index contributed by atoms with van der Waals surface area (Å²) in [6.45, 7) is 8.47. The second kappa shape index (κ2) is 9.76. The minimum absolute atomic E-state index is 0.0680. The molecule has 0 N–H and O–H groups in total. The number of hydrogen-bond acceptors (Lipinski definition) is 8. The summed E-state index contributed by atoms with van der Waals surface area (Å²) in [5.74, 6) is -0.0680. The normalized spacial score (nSPS) is 27.2. The summed E-state index contributed by atoms with van der Waals surface area (Å²) < 4.78 is 27.6. The molecule has 4 aliphatic rings. The number of hydrogen-bond donors (Lipinski definition) is 0. The Morgan fingerprint density at radius 2 is 1.11 bits per heavy atom. The van der Waals surface area contributed by atoms with Crippen molar-refractivity contribution in [3.05, 3.63) is 59.7 Å². The molecule has 4 heterocycles. The lowest BCUT2D eigenvalue weighted by Gasteiger charge is -2.29. The number of Topliss-reactive ketones (excluding diaryl/α,β-unsaturated/α-hetero) is 1. The Bertz CT molecular complexity index is 1030. The van der Waals surface area contributed by atoms with Crippen molar-refractivity contribution in [1.29, 1.82) is 0 Å². The third kappa shape index (κ3) is 5.58. The van der Waals surface area contributed by atoms with E-state index in [1.807, 2.05) is 43.3 Å². The van der Waals surface area contributed by atoms with Crippen LogP contribution in [0.1, 0.15) is 22.8 Å². The second-order valence-corrected chi connectivity index (χ2v) is 10.3. The van der Waals surface area contributed by atoms with Crippen molar-refractivity contribution in [2.75, 3.05) is 69.5 Å². The molecule has 0 aromatic heterocycles. The molecular weight excluding hydrogens is 460 g/mol. The molecule has 2 aromatic rings. The largest absolute Gasteiger partial charge is 0.371 e. The summed E-state index contributed by atoms with van der Waals surface area (Å²) >= 11 is 0. The second-order valence-electron chi connectivity index (χ2n) is 10.3. The van der Waals surface area contributed by atoms with Gasteiger partial charge in [0.1, 0.15) is 0 Å². The van der Waals surface area contributed by atoms with Crippen molar-refractivity contribution in [3.8, 4) is 0 Å². The zero-order valence-corrected chi connectivity index (χ0v) is 20.9. The molecule has 4 aliphatic heterocycles. The van der Waals surface area contributed by atoms with Crippen LogP contribution in [0.4, 0.5) is 11.4 Å². The van der Waals surface area contributed by atoms with E-state index in [-0.39, 0.29) is 18.0 Å². The molecule has 36 heavy (non-hydrogen) atoms. The van der Waals surface area contributed by atoms with Crippen molar-refractivity contribution >= 4 is 17.2 Å². The van der Waals surface area contributed by atoms with Crippen molar-refractivity contribution in [2.24, 2.45) is 0 Å². The lowest BCUT2D eigenvalue weighted by atomic mass is 9.87. The fraction of sp³-hybridized carbons (Fsp3) is 0.536. The number of anilines is 2. The van der Waals surface area contributed by atoms with Gasteiger partial charge in [-0.2, -0.15) is 0 Å². The third-order valence-electron chi connectivity index (χ3n) is 7.43. The first kappa shape index (κ1) is 23.9. The van der Waals surface area contributed by atoms with Crippen LogP contribution < -0.4 is 9.80 Å². The maximum Gasteiger partial charge on any atom is 0.198 e. The highest BCUT2D eigenvalue weighted by atomic mass is 16.6. The molecule has 2 aromatic carbocycles. The minimum Gasteiger partial charge on any atom is -0.371 e. The summed E-state index contributed by atoms with van der Waals surface area (Å²) in [5, 5.41) is 0. The summed E-state index contributed by atoms with van der Waals surface area (Å²) in [6, 6.07) is 15.9. The number of ketones is 1. The van der Waals surface area contributed by atoms with E-state index in [2.05, 4.69) is 21.9 Å². The molecule has 4 fully saturated rings. The Labute approximate surface area is 212 Å². The SMILES string of the molecule is COC(C)(C(=O)c1ccc(N(CC2CO2)CC2CO2)cc1)c1ccc(N(CC2CO2)CC2CO2)cc1. The van der Waals surface area contributed by atoms with Crippen LogP contribution in [0, 0.1) is 0 Å². The van der Waals surface area contributed by atoms with Crippen molar-refractivity contribution in [3.63, 3.8) is 0 Å². The van der Waals surface area contributed by atoms with Gasteiger partial charge in [0, 0.05) is 50.2 Å². The molecule has 5 atom stereocenters. The van der Waals surface area contributed by atoms with E-state index in [1.54, 1.807) is 7.11 Å². The number of methoxy groups -OCH3 is 1. The number of ether oxygens (including phenoxy) is 5. The van der Waals surface area contributed by atoms with Crippen LogP contribution >= 0.6 is 0 Å². The summed E-state index contributed by atoms with van der Waals surface area (Å²) in [5.41, 5.74) is 2.52. The van der Waals surface area contributed by atoms with E-state index >= 15 is 0 Å². The highest BCUT2D eigenvalue weighted by Crippen LogP contribution is 2.32. The molecule has 4 saturated heterocycles. The highest BCUT2D eigenvalue weighted by Gasteiger charge is 2.37. The number of carbonyl (C=O) groups is 1. The van der Waals surface area contributed by atoms with E-state index in [1.165, 1.54) is 0 Å². The van der Waals surface area contributed by atoms with Gasteiger partial charge in [-0.1, -0.05) is 12.1 Å². The van der Waals surface area contributed by atoms with Gasteiger partial charge < -0.3 is 33.5 Å². The van der Waals surface area contributed by atoms with E-state index in [0.717, 1.165) is 69.5 Å². The summed E-state index contributed by atoms with van der Waals surface area (Å²) in [4.78, 5) is 18.2. The maximum atomic E-state index is 13.7. The van der Waals surface area contributed by atoms with Gasteiger partial charge in [-0.15, -0.1) is 0 Å². The molecule has 0 saturated carbocycles. The van der Waals surface area contributed by atoms with Gasteiger partial charge in [-0.05, 0) is 48.9 Å². The van der Waals surface area contributed by atoms with E-state index in [9.17, 15) is 4.79 Å². The van der Waals surface area contributed by atoms with Gasteiger partial charge in [0.15, 0.2) is 11.4 Å². The average molecular weight is 495 g/mol. The first-order valence-corrected chi connectivity index (χ1v) is 12.8. The Hall–Kier alpha value is -2.49. The van der Waals surface area contributed by atoms with E-state index in [0.29, 0.717) is 17.8 Å². The first-order chi connectivity index (χ1) is 17.5.